The molecule has 1 aromatic carbocycles. The number of nitrogens with one attached hydrogen (secondary N) is 1. The minimum atomic E-state index is 0.0361. The number of carbonyl (C=O) groups is 1. The Morgan fingerprint density at radius 1 is 0.966 bits per heavy atom. The average Bonchev–Trinajstić information content (AvgIpc) is 2.76. The first-order chi connectivity index (χ1) is 14.2. The lowest BCUT2D eigenvalue weighted by molar-refractivity contribution is -0.117. The molecule has 0 saturated carbocycles. The fraction of sp³-hybridized carbons (Fsp3) is 0.500. The molecule has 2 aliphatic heterocycles. The van der Waals surface area contributed by atoms with Crippen LogP contribution in [0.1, 0.15) is 19.8 Å². The zero-order valence-corrected chi connectivity index (χ0v) is 17.1. The lowest BCUT2D eigenvalue weighted by atomic mass is 9.99. The molecule has 2 fully saturated rings. The van der Waals surface area contributed by atoms with Crippen molar-refractivity contribution in [3.05, 3.63) is 42.7 Å². The molecule has 2 saturated heterocycles. The van der Waals surface area contributed by atoms with E-state index in [1.165, 1.54) is 18.5 Å². The zero-order valence-electron chi connectivity index (χ0n) is 17.1. The van der Waals surface area contributed by atoms with Crippen LogP contribution in [0.5, 0.6) is 0 Å². The molecule has 4 rings (SSSR count). The minimum Gasteiger partial charge on any atom is -0.372 e. The largest absolute Gasteiger partial charge is 0.372 e. The molecule has 0 radical (unpaired) electrons. The maximum atomic E-state index is 12.5. The molecule has 0 spiro atoms. The van der Waals surface area contributed by atoms with Crippen molar-refractivity contribution >= 4 is 23.2 Å². The van der Waals surface area contributed by atoms with Crippen LogP contribution < -0.4 is 15.1 Å². The summed E-state index contributed by atoms with van der Waals surface area (Å²) in [6.45, 7) is 8.30. The predicted octanol–water partition coefficient (Wildman–Crippen LogP) is 2.47. The van der Waals surface area contributed by atoms with E-state index in [4.69, 9.17) is 0 Å². The summed E-state index contributed by atoms with van der Waals surface area (Å²) in [5.41, 5.74) is 2.11. The molecule has 1 N–H and O–H groups in total. The van der Waals surface area contributed by atoms with Crippen LogP contribution >= 0.6 is 0 Å². The van der Waals surface area contributed by atoms with Gasteiger partial charge in [0.05, 0.1) is 6.54 Å². The molecular formula is C22H30N6O. The molecule has 2 aliphatic rings. The molecule has 0 aliphatic carbocycles. The SMILES string of the molecule is CC1CCN(c2ccc(NC(=O)CN3CCN(c4ncccn4)CC3)cc2)CC1. The summed E-state index contributed by atoms with van der Waals surface area (Å²) in [5, 5.41) is 3.03. The van der Waals surface area contributed by atoms with Gasteiger partial charge in [-0.05, 0) is 49.1 Å². The number of piperidine rings is 1. The Bertz CT molecular complexity index is 781. The third kappa shape index (κ3) is 5.23. The third-order valence-electron chi connectivity index (χ3n) is 5.87. The van der Waals surface area contributed by atoms with Crippen LogP contribution in [-0.4, -0.2) is 66.6 Å². The maximum absolute atomic E-state index is 12.5. The van der Waals surface area contributed by atoms with Crippen molar-refractivity contribution in [3.63, 3.8) is 0 Å². The van der Waals surface area contributed by atoms with E-state index in [1.54, 1.807) is 12.4 Å². The molecule has 154 valence electrons. The number of aromatic nitrogens is 2. The van der Waals surface area contributed by atoms with E-state index in [1.807, 2.05) is 18.2 Å². The number of rotatable bonds is 5. The number of carbonyl (C=O) groups excluding carboxylic acids is 1. The first kappa shape index (κ1) is 19.6. The summed E-state index contributed by atoms with van der Waals surface area (Å²) < 4.78 is 0. The van der Waals surface area contributed by atoms with Gasteiger partial charge >= 0.3 is 0 Å². The van der Waals surface area contributed by atoms with Gasteiger partial charge in [0, 0.05) is 63.0 Å². The van der Waals surface area contributed by atoms with Crippen molar-refractivity contribution in [2.45, 2.75) is 19.8 Å². The molecule has 7 heteroatoms. The highest BCUT2D eigenvalue weighted by atomic mass is 16.2. The molecule has 1 aromatic heterocycles. The smallest absolute Gasteiger partial charge is 0.238 e. The summed E-state index contributed by atoms with van der Waals surface area (Å²) >= 11 is 0. The van der Waals surface area contributed by atoms with Gasteiger partial charge in [-0.25, -0.2) is 9.97 Å². The average molecular weight is 395 g/mol. The van der Waals surface area contributed by atoms with Gasteiger partial charge in [0.2, 0.25) is 11.9 Å². The van der Waals surface area contributed by atoms with Crippen LogP contribution in [0, 0.1) is 5.92 Å². The minimum absolute atomic E-state index is 0.0361. The van der Waals surface area contributed by atoms with E-state index in [2.05, 4.69) is 49.0 Å². The molecule has 29 heavy (non-hydrogen) atoms. The van der Waals surface area contributed by atoms with Crippen LogP contribution in [0.25, 0.3) is 0 Å². The molecule has 3 heterocycles. The van der Waals surface area contributed by atoms with Gasteiger partial charge in [0.25, 0.3) is 0 Å². The Kier molecular flexibility index (Phi) is 6.24. The van der Waals surface area contributed by atoms with E-state index in [9.17, 15) is 4.79 Å². The Labute approximate surface area is 172 Å². The number of hydrogen-bond acceptors (Lipinski definition) is 6. The number of hydrogen-bond donors (Lipinski definition) is 1. The van der Waals surface area contributed by atoms with Gasteiger partial charge in [-0.2, -0.15) is 0 Å². The number of nitrogens with zero attached hydrogens (tertiary/aromatic N) is 5. The Hall–Kier alpha value is -2.67. The predicted molar refractivity (Wildman–Crippen MR) is 116 cm³/mol. The molecule has 0 unspecified atom stereocenters. The third-order valence-corrected chi connectivity index (χ3v) is 5.87. The van der Waals surface area contributed by atoms with Crippen LogP contribution in [-0.2, 0) is 4.79 Å². The van der Waals surface area contributed by atoms with E-state index in [-0.39, 0.29) is 5.91 Å². The molecule has 0 bridgehead atoms. The molecule has 7 nitrogen and oxygen atoms in total. The van der Waals surface area contributed by atoms with Gasteiger partial charge in [0.15, 0.2) is 0 Å². The first-order valence-electron chi connectivity index (χ1n) is 10.6. The second-order valence-corrected chi connectivity index (χ2v) is 8.08. The van der Waals surface area contributed by atoms with Crippen LogP contribution in [0.3, 0.4) is 0 Å². The van der Waals surface area contributed by atoms with Crippen molar-refractivity contribution in [3.8, 4) is 0 Å². The van der Waals surface area contributed by atoms with Crippen LogP contribution in [0.2, 0.25) is 0 Å². The summed E-state index contributed by atoms with van der Waals surface area (Å²) in [6, 6.07) is 10.1. The van der Waals surface area contributed by atoms with Gasteiger partial charge in [-0.15, -0.1) is 0 Å². The standard InChI is InChI=1S/C22H30N6O/c1-18-7-11-27(12-8-18)20-5-3-19(4-6-20)25-21(29)17-26-13-15-28(16-14-26)22-23-9-2-10-24-22/h2-6,9-10,18H,7-8,11-17H2,1H3,(H,25,29). The van der Waals surface area contributed by atoms with Gasteiger partial charge in [-0.3, -0.25) is 9.69 Å². The van der Waals surface area contributed by atoms with Crippen molar-refractivity contribution in [2.24, 2.45) is 5.92 Å². The van der Waals surface area contributed by atoms with Crippen molar-refractivity contribution in [1.82, 2.24) is 14.9 Å². The second kappa shape index (κ2) is 9.22. The summed E-state index contributed by atoms with van der Waals surface area (Å²) in [7, 11) is 0. The van der Waals surface area contributed by atoms with Gasteiger partial charge in [-0.1, -0.05) is 6.92 Å². The zero-order chi connectivity index (χ0) is 20.1. The first-order valence-corrected chi connectivity index (χ1v) is 10.6. The highest BCUT2D eigenvalue weighted by Gasteiger charge is 2.20. The van der Waals surface area contributed by atoms with Gasteiger partial charge < -0.3 is 15.1 Å². The molecule has 2 aromatic rings. The highest BCUT2D eigenvalue weighted by molar-refractivity contribution is 5.92. The Morgan fingerprint density at radius 3 is 2.28 bits per heavy atom. The lowest BCUT2D eigenvalue weighted by Crippen LogP contribution is -2.49. The summed E-state index contributed by atoms with van der Waals surface area (Å²) in [6.07, 6.45) is 6.03. The molecular weight excluding hydrogens is 364 g/mol. The normalized spacial score (nSPS) is 18.7. The second-order valence-electron chi connectivity index (χ2n) is 8.08. The monoisotopic (exact) mass is 394 g/mol. The van der Waals surface area contributed by atoms with E-state index in [0.717, 1.165) is 56.8 Å². The van der Waals surface area contributed by atoms with Crippen LogP contribution in [0.15, 0.2) is 42.7 Å². The number of amides is 1. The quantitative estimate of drug-likeness (QED) is 0.841. The van der Waals surface area contributed by atoms with Crippen molar-refractivity contribution in [1.29, 1.82) is 0 Å². The van der Waals surface area contributed by atoms with Gasteiger partial charge in [0.1, 0.15) is 0 Å². The van der Waals surface area contributed by atoms with Crippen LogP contribution in [0.4, 0.5) is 17.3 Å². The fourth-order valence-electron chi connectivity index (χ4n) is 3.99. The molecule has 1 amide bonds. The lowest BCUT2D eigenvalue weighted by Gasteiger charge is -2.34. The highest BCUT2D eigenvalue weighted by Crippen LogP contribution is 2.24. The number of piperazine rings is 1. The Balaban J connectivity index is 1.23. The maximum Gasteiger partial charge on any atom is 0.238 e. The Morgan fingerprint density at radius 2 is 1.62 bits per heavy atom. The van der Waals surface area contributed by atoms with Crippen molar-refractivity contribution in [2.75, 3.05) is 60.9 Å². The van der Waals surface area contributed by atoms with E-state index < -0.39 is 0 Å². The number of anilines is 3. The fourth-order valence-corrected chi connectivity index (χ4v) is 3.99. The van der Waals surface area contributed by atoms with E-state index >= 15 is 0 Å². The summed E-state index contributed by atoms with van der Waals surface area (Å²) in [5.74, 6) is 1.63. The number of benzene rings is 1. The topological polar surface area (TPSA) is 64.6 Å². The van der Waals surface area contributed by atoms with E-state index in [0.29, 0.717) is 6.54 Å². The summed E-state index contributed by atoms with van der Waals surface area (Å²) in [4.78, 5) is 27.8. The molecule has 0 atom stereocenters. The van der Waals surface area contributed by atoms with Crippen molar-refractivity contribution < 1.29 is 4.79 Å².